The summed E-state index contributed by atoms with van der Waals surface area (Å²) in [5, 5.41) is 0. The second-order valence-corrected chi connectivity index (χ2v) is 13.6. The molecule has 0 radical (unpaired) electrons. The van der Waals surface area contributed by atoms with Gasteiger partial charge in [0, 0.05) is 19.2 Å². The summed E-state index contributed by atoms with van der Waals surface area (Å²) in [7, 11) is -4.23. The van der Waals surface area contributed by atoms with E-state index in [2.05, 4.69) is 0 Å². The van der Waals surface area contributed by atoms with Crippen LogP contribution in [0.5, 0.6) is 11.5 Å². The maximum absolute atomic E-state index is 11.8. The van der Waals surface area contributed by atoms with Crippen molar-refractivity contribution in [2.75, 3.05) is 34.4 Å². The van der Waals surface area contributed by atoms with Crippen LogP contribution in [0.3, 0.4) is 0 Å². The van der Waals surface area contributed by atoms with E-state index in [1.54, 1.807) is 0 Å². The van der Waals surface area contributed by atoms with Crippen molar-refractivity contribution in [1.82, 2.24) is 0 Å². The van der Waals surface area contributed by atoms with Crippen molar-refractivity contribution in [3.8, 4) is 33.8 Å². The SMILES string of the molecule is CCC(=C/C1Oc2ccc(-c3ccccc3)cc2N1CCS(=O)(=O)O)/C=C1/Oc2ccc(-c3ccccc3)cc2N1CCS(=O)O. The van der Waals surface area contributed by atoms with Crippen LogP contribution >= 0.6 is 0 Å². The van der Waals surface area contributed by atoms with Gasteiger partial charge in [0.05, 0.1) is 22.9 Å². The molecule has 2 unspecified atom stereocenters. The average molecular weight is 659 g/mol. The van der Waals surface area contributed by atoms with Crippen LogP contribution in [0, 0.1) is 0 Å². The summed E-state index contributed by atoms with van der Waals surface area (Å²) in [6.07, 6.45) is 3.73. The highest BCUT2D eigenvalue weighted by atomic mass is 32.2. The van der Waals surface area contributed by atoms with Gasteiger partial charge in [-0.2, -0.15) is 8.42 Å². The maximum Gasteiger partial charge on any atom is 0.266 e. The molecule has 11 heteroatoms. The molecule has 6 rings (SSSR count). The number of hydrogen-bond donors (Lipinski definition) is 2. The van der Waals surface area contributed by atoms with E-state index in [1.807, 2.05) is 126 Å². The minimum atomic E-state index is -4.23. The predicted molar refractivity (Wildman–Crippen MR) is 182 cm³/mol. The number of nitrogens with zero attached hydrogens (tertiary/aromatic N) is 2. The Hall–Kier alpha value is -4.42. The molecule has 0 aliphatic carbocycles. The minimum Gasteiger partial charge on any atom is -0.465 e. The lowest BCUT2D eigenvalue weighted by Crippen LogP contribution is -2.37. The van der Waals surface area contributed by atoms with Crippen molar-refractivity contribution in [2.24, 2.45) is 0 Å². The normalized spacial score (nSPS) is 17.4. The third-order valence-corrected chi connectivity index (χ3v) is 9.15. The van der Waals surface area contributed by atoms with E-state index in [-0.39, 0.29) is 18.8 Å². The molecular formula is C35H34N2O7S2. The van der Waals surface area contributed by atoms with Crippen LogP contribution in [-0.2, 0) is 21.2 Å². The Kier molecular flexibility index (Phi) is 9.27. The second-order valence-electron chi connectivity index (χ2n) is 10.9. The lowest BCUT2D eigenvalue weighted by atomic mass is 10.0. The van der Waals surface area contributed by atoms with Crippen molar-refractivity contribution in [3.63, 3.8) is 0 Å². The summed E-state index contributed by atoms with van der Waals surface area (Å²) < 4.78 is 67.0. The first-order valence-corrected chi connectivity index (χ1v) is 17.8. The van der Waals surface area contributed by atoms with Gasteiger partial charge in [0.15, 0.2) is 23.1 Å². The predicted octanol–water partition coefficient (Wildman–Crippen LogP) is 6.73. The van der Waals surface area contributed by atoms with Crippen LogP contribution in [0.1, 0.15) is 13.3 Å². The average Bonchev–Trinajstić information content (AvgIpc) is 3.58. The maximum atomic E-state index is 11.8. The fourth-order valence-electron chi connectivity index (χ4n) is 5.60. The minimum absolute atomic E-state index is 0.0114. The van der Waals surface area contributed by atoms with Gasteiger partial charge in [-0.15, -0.1) is 0 Å². The topological polar surface area (TPSA) is 117 Å². The van der Waals surface area contributed by atoms with E-state index in [1.165, 1.54) is 0 Å². The van der Waals surface area contributed by atoms with Crippen LogP contribution in [-0.4, -0.2) is 52.6 Å². The zero-order chi connectivity index (χ0) is 32.3. The van der Waals surface area contributed by atoms with E-state index in [0.717, 1.165) is 39.2 Å². The third-order valence-electron chi connectivity index (χ3n) is 7.92. The molecule has 2 N–H and O–H groups in total. The molecular weight excluding hydrogens is 625 g/mol. The molecule has 2 heterocycles. The van der Waals surface area contributed by atoms with Gasteiger partial charge >= 0.3 is 0 Å². The molecule has 0 bridgehead atoms. The Bertz CT molecular complexity index is 1910. The summed E-state index contributed by atoms with van der Waals surface area (Å²) in [4.78, 5) is 3.72. The van der Waals surface area contributed by atoms with Crippen LogP contribution in [0.25, 0.3) is 22.3 Å². The number of hydrogen-bond acceptors (Lipinski definition) is 7. The Labute approximate surface area is 271 Å². The van der Waals surface area contributed by atoms with Crippen LogP contribution in [0.4, 0.5) is 11.4 Å². The van der Waals surface area contributed by atoms with Gasteiger partial charge in [-0.05, 0) is 64.6 Å². The van der Waals surface area contributed by atoms with Gasteiger partial charge in [0.25, 0.3) is 10.1 Å². The first-order valence-electron chi connectivity index (χ1n) is 14.9. The number of rotatable bonds is 11. The molecule has 4 aromatic carbocycles. The highest BCUT2D eigenvalue weighted by molar-refractivity contribution is 7.85. The third kappa shape index (κ3) is 7.18. The van der Waals surface area contributed by atoms with E-state index in [0.29, 0.717) is 23.8 Å². The Morgan fingerprint density at radius 1 is 0.848 bits per heavy atom. The Morgan fingerprint density at radius 3 is 2.04 bits per heavy atom. The number of fused-ring (bicyclic) bond motifs is 2. The van der Waals surface area contributed by atoms with Crippen molar-refractivity contribution >= 4 is 32.6 Å². The van der Waals surface area contributed by atoms with E-state index < -0.39 is 33.2 Å². The second kappa shape index (κ2) is 13.5. The molecule has 46 heavy (non-hydrogen) atoms. The summed E-state index contributed by atoms with van der Waals surface area (Å²) in [5.41, 5.74) is 6.36. The number of anilines is 2. The molecule has 4 aromatic rings. The molecule has 0 spiro atoms. The smallest absolute Gasteiger partial charge is 0.266 e. The highest BCUT2D eigenvalue weighted by Crippen LogP contribution is 2.43. The molecule has 0 saturated carbocycles. The summed E-state index contributed by atoms with van der Waals surface area (Å²) >= 11 is -2.00. The molecule has 0 aromatic heterocycles. The van der Waals surface area contributed by atoms with Crippen LogP contribution < -0.4 is 19.3 Å². The summed E-state index contributed by atoms with van der Waals surface area (Å²) in [5.74, 6) is 1.30. The molecule has 2 aliphatic rings. The van der Waals surface area contributed by atoms with Crippen molar-refractivity contribution < 1.29 is 31.2 Å². The van der Waals surface area contributed by atoms with Gasteiger partial charge < -0.3 is 23.8 Å². The molecule has 9 nitrogen and oxygen atoms in total. The van der Waals surface area contributed by atoms with E-state index in [4.69, 9.17) is 9.47 Å². The van der Waals surface area contributed by atoms with Crippen molar-refractivity contribution in [2.45, 2.75) is 19.6 Å². The van der Waals surface area contributed by atoms with E-state index in [9.17, 15) is 21.7 Å². The lowest BCUT2D eigenvalue weighted by molar-refractivity contribution is 0.273. The molecule has 2 atom stereocenters. The molecule has 2 aliphatic heterocycles. The van der Waals surface area contributed by atoms with Gasteiger partial charge in [0.2, 0.25) is 5.88 Å². The van der Waals surface area contributed by atoms with E-state index >= 15 is 0 Å². The zero-order valence-corrected chi connectivity index (χ0v) is 26.8. The van der Waals surface area contributed by atoms with Crippen LogP contribution in [0.2, 0.25) is 0 Å². The quantitative estimate of drug-likeness (QED) is 0.134. The Morgan fingerprint density at radius 2 is 1.46 bits per heavy atom. The molecule has 0 fully saturated rings. The van der Waals surface area contributed by atoms with Gasteiger partial charge in [0.1, 0.15) is 5.75 Å². The number of ether oxygens (including phenoxy) is 2. The summed E-state index contributed by atoms with van der Waals surface area (Å²) in [6.45, 7) is 2.26. The van der Waals surface area contributed by atoms with Crippen molar-refractivity contribution in [1.29, 1.82) is 0 Å². The van der Waals surface area contributed by atoms with Gasteiger partial charge in [-0.3, -0.25) is 4.55 Å². The monoisotopic (exact) mass is 658 g/mol. The number of benzene rings is 4. The first-order chi connectivity index (χ1) is 22.2. The standard InChI is InChI=1S/C35H34N2O7S2/c1-2-25(21-34-36(17-19-45(38)39)30-23-28(13-15-32(30)43-34)26-9-5-3-6-10-26)22-35-37(18-20-46(40,41)42)31-24-29(14-16-33(31)44-35)27-11-7-4-8-12-27/h3-16,21-24,35H,2,17-20H2,1H3,(H,38,39)(H,40,41,42)/b25-22-,34-21+. The van der Waals surface area contributed by atoms with Crippen LogP contribution in [0.15, 0.2) is 121 Å². The largest absolute Gasteiger partial charge is 0.465 e. The van der Waals surface area contributed by atoms with Crippen molar-refractivity contribution in [3.05, 3.63) is 121 Å². The zero-order valence-electron chi connectivity index (χ0n) is 25.2. The summed E-state index contributed by atoms with van der Waals surface area (Å²) in [6, 6.07) is 31.5. The van der Waals surface area contributed by atoms with Gasteiger partial charge in [-0.1, -0.05) is 79.7 Å². The molecule has 238 valence electrons. The lowest BCUT2D eigenvalue weighted by Gasteiger charge is -2.23. The fraction of sp³-hybridized carbons (Fsp3) is 0.200. The first kappa shape index (κ1) is 31.6. The number of allylic oxidation sites excluding steroid dienone is 2. The van der Waals surface area contributed by atoms with Gasteiger partial charge in [-0.25, -0.2) is 4.21 Å². The molecule has 0 amide bonds. The fourth-order valence-corrected chi connectivity index (χ4v) is 6.36. The highest BCUT2D eigenvalue weighted by Gasteiger charge is 2.32. The molecule has 0 saturated heterocycles. The Balaban J connectivity index is 1.34.